The summed E-state index contributed by atoms with van der Waals surface area (Å²) in [5, 5.41) is 0. The Balaban J connectivity index is 1.98. The molecule has 0 saturated heterocycles. The lowest BCUT2D eigenvalue weighted by Gasteiger charge is -2.27. The summed E-state index contributed by atoms with van der Waals surface area (Å²) in [5.41, 5.74) is 7.24. The Morgan fingerprint density at radius 2 is 2.00 bits per heavy atom. The molecule has 0 aromatic heterocycles. The van der Waals surface area contributed by atoms with Crippen molar-refractivity contribution in [3.63, 3.8) is 0 Å². The maximum Gasteiger partial charge on any atom is 0.0163 e. The standard InChI is InChI=1S/C14H20N2/c15-11-14(13-7-3-1-4-8-13)12-16-9-5-2-6-10-16/h1-5,7-8,14H,6,9-12,15H2. The van der Waals surface area contributed by atoms with Gasteiger partial charge in [-0.15, -0.1) is 0 Å². The molecule has 1 aromatic carbocycles. The van der Waals surface area contributed by atoms with Crippen molar-refractivity contribution >= 4 is 0 Å². The van der Waals surface area contributed by atoms with E-state index in [1.54, 1.807) is 0 Å². The fourth-order valence-corrected chi connectivity index (χ4v) is 2.21. The Morgan fingerprint density at radius 1 is 1.19 bits per heavy atom. The number of hydrogen-bond donors (Lipinski definition) is 1. The van der Waals surface area contributed by atoms with Crippen molar-refractivity contribution in [2.24, 2.45) is 5.73 Å². The molecule has 2 heteroatoms. The van der Waals surface area contributed by atoms with Crippen LogP contribution in [0.2, 0.25) is 0 Å². The van der Waals surface area contributed by atoms with Crippen LogP contribution in [-0.4, -0.2) is 31.1 Å². The molecule has 1 aliphatic heterocycles. The van der Waals surface area contributed by atoms with Crippen LogP contribution in [0.25, 0.3) is 0 Å². The minimum atomic E-state index is 0.465. The van der Waals surface area contributed by atoms with Crippen molar-refractivity contribution in [1.29, 1.82) is 0 Å². The second-order valence-electron chi connectivity index (χ2n) is 4.36. The molecule has 0 saturated carbocycles. The van der Waals surface area contributed by atoms with Gasteiger partial charge >= 0.3 is 0 Å². The molecule has 2 rings (SSSR count). The normalized spacial score (nSPS) is 18.6. The van der Waals surface area contributed by atoms with Crippen LogP contribution in [0.5, 0.6) is 0 Å². The molecule has 1 atom stereocenters. The smallest absolute Gasteiger partial charge is 0.0163 e. The van der Waals surface area contributed by atoms with Gasteiger partial charge in [0.15, 0.2) is 0 Å². The zero-order valence-electron chi connectivity index (χ0n) is 9.68. The molecule has 0 fully saturated rings. The second kappa shape index (κ2) is 5.83. The Hall–Kier alpha value is -1.12. The van der Waals surface area contributed by atoms with Crippen LogP contribution < -0.4 is 5.73 Å². The molecule has 2 N–H and O–H groups in total. The lowest BCUT2D eigenvalue weighted by Crippen LogP contribution is -2.34. The number of benzene rings is 1. The van der Waals surface area contributed by atoms with Crippen LogP contribution in [0.1, 0.15) is 17.9 Å². The van der Waals surface area contributed by atoms with Crippen LogP contribution >= 0.6 is 0 Å². The summed E-state index contributed by atoms with van der Waals surface area (Å²) in [4.78, 5) is 2.48. The first-order valence-corrected chi connectivity index (χ1v) is 6.02. The third-order valence-corrected chi connectivity index (χ3v) is 3.18. The van der Waals surface area contributed by atoms with Crippen molar-refractivity contribution in [2.75, 3.05) is 26.2 Å². The maximum atomic E-state index is 5.88. The maximum absolute atomic E-state index is 5.88. The van der Waals surface area contributed by atoms with E-state index in [4.69, 9.17) is 5.73 Å². The first kappa shape index (κ1) is 11.4. The molecule has 86 valence electrons. The van der Waals surface area contributed by atoms with Crippen LogP contribution in [0.3, 0.4) is 0 Å². The van der Waals surface area contributed by atoms with E-state index in [-0.39, 0.29) is 0 Å². The predicted octanol–water partition coefficient (Wildman–Crippen LogP) is 1.99. The van der Waals surface area contributed by atoms with Gasteiger partial charge in [-0.1, -0.05) is 42.5 Å². The van der Waals surface area contributed by atoms with Crippen LogP contribution in [0.15, 0.2) is 42.5 Å². The third kappa shape index (κ3) is 2.94. The molecule has 0 amide bonds. The van der Waals surface area contributed by atoms with Crippen molar-refractivity contribution < 1.29 is 0 Å². The average molecular weight is 216 g/mol. The molecule has 0 bridgehead atoms. The molecular formula is C14H20N2. The third-order valence-electron chi connectivity index (χ3n) is 3.18. The van der Waals surface area contributed by atoms with Crippen LogP contribution in [-0.2, 0) is 0 Å². The minimum absolute atomic E-state index is 0.465. The lowest BCUT2D eigenvalue weighted by atomic mass is 9.98. The van der Waals surface area contributed by atoms with E-state index >= 15 is 0 Å². The summed E-state index contributed by atoms with van der Waals surface area (Å²) >= 11 is 0. The molecule has 0 radical (unpaired) electrons. The summed E-state index contributed by atoms with van der Waals surface area (Å²) < 4.78 is 0. The molecule has 1 heterocycles. The summed E-state index contributed by atoms with van der Waals surface area (Å²) in [7, 11) is 0. The molecule has 2 nitrogen and oxygen atoms in total. The van der Waals surface area contributed by atoms with Gasteiger partial charge in [0.2, 0.25) is 0 Å². The van der Waals surface area contributed by atoms with E-state index in [1.165, 1.54) is 18.5 Å². The van der Waals surface area contributed by atoms with E-state index in [0.29, 0.717) is 5.92 Å². The summed E-state index contributed by atoms with van der Waals surface area (Å²) in [6, 6.07) is 10.6. The predicted molar refractivity (Wildman–Crippen MR) is 68.4 cm³/mol. The molecule has 16 heavy (non-hydrogen) atoms. The van der Waals surface area contributed by atoms with Crippen molar-refractivity contribution in [2.45, 2.75) is 12.3 Å². The Labute approximate surface area is 97.8 Å². The van der Waals surface area contributed by atoms with E-state index in [1.807, 2.05) is 0 Å². The SMILES string of the molecule is NCC(CN1CC=CCC1)c1ccccc1. The van der Waals surface area contributed by atoms with Gasteiger partial charge in [-0.05, 0) is 12.0 Å². The van der Waals surface area contributed by atoms with Crippen LogP contribution in [0.4, 0.5) is 0 Å². The number of nitrogens with zero attached hydrogens (tertiary/aromatic N) is 1. The van der Waals surface area contributed by atoms with Gasteiger partial charge in [0.25, 0.3) is 0 Å². The van der Waals surface area contributed by atoms with E-state index < -0.39 is 0 Å². The summed E-state index contributed by atoms with van der Waals surface area (Å²) in [6.07, 6.45) is 5.69. The Bertz CT molecular complexity index is 332. The summed E-state index contributed by atoms with van der Waals surface area (Å²) in [6.45, 7) is 4.04. The number of rotatable bonds is 4. The zero-order valence-corrected chi connectivity index (χ0v) is 9.68. The molecule has 0 spiro atoms. The number of nitrogens with two attached hydrogens (primary N) is 1. The first-order chi connectivity index (χ1) is 7.90. The van der Waals surface area contributed by atoms with Gasteiger partial charge in [-0.2, -0.15) is 0 Å². The van der Waals surface area contributed by atoms with Crippen molar-refractivity contribution in [1.82, 2.24) is 4.90 Å². The molecule has 1 unspecified atom stereocenters. The highest BCUT2D eigenvalue weighted by molar-refractivity contribution is 5.20. The van der Waals surface area contributed by atoms with E-state index in [0.717, 1.165) is 19.6 Å². The first-order valence-electron chi connectivity index (χ1n) is 6.02. The van der Waals surface area contributed by atoms with Gasteiger partial charge in [0, 0.05) is 32.1 Å². The van der Waals surface area contributed by atoms with Gasteiger partial charge in [0.05, 0.1) is 0 Å². The fourth-order valence-electron chi connectivity index (χ4n) is 2.21. The Morgan fingerprint density at radius 3 is 2.62 bits per heavy atom. The largest absolute Gasteiger partial charge is 0.330 e. The highest BCUT2D eigenvalue weighted by Crippen LogP contribution is 2.16. The Kier molecular flexibility index (Phi) is 4.14. The molecule has 1 aliphatic rings. The second-order valence-corrected chi connectivity index (χ2v) is 4.36. The lowest BCUT2D eigenvalue weighted by molar-refractivity contribution is 0.280. The van der Waals surface area contributed by atoms with Gasteiger partial charge < -0.3 is 5.73 Å². The molecular weight excluding hydrogens is 196 g/mol. The zero-order chi connectivity index (χ0) is 11.2. The van der Waals surface area contributed by atoms with Crippen molar-refractivity contribution in [3.8, 4) is 0 Å². The monoisotopic (exact) mass is 216 g/mol. The van der Waals surface area contributed by atoms with Gasteiger partial charge in [0.1, 0.15) is 0 Å². The summed E-state index contributed by atoms with van der Waals surface area (Å²) in [5.74, 6) is 0.465. The van der Waals surface area contributed by atoms with Gasteiger partial charge in [-0.3, -0.25) is 4.90 Å². The quantitative estimate of drug-likeness (QED) is 0.780. The van der Waals surface area contributed by atoms with Crippen LogP contribution in [0, 0.1) is 0 Å². The van der Waals surface area contributed by atoms with E-state index in [2.05, 4.69) is 47.4 Å². The molecule has 1 aromatic rings. The molecule has 0 aliphatic carbocycles. The average Bonchev–Trinajstić information content (AvgIpc) is 2.38. The van der Waals surface area contributed by atoms with Crippen molar-refractivity contribution in [3.05, 3.63) is 48.0 Å². The topological polar surface area (TPSA) is 29.3 Å². The highest BCUT2D eigenvalue weighted by Gasteiger charge is 2.14. The highest BCUT2D eigenvalue weighted by atomic mass is 15.1. The van der Waals surface area contributed by atoms with E-state index in [9.17, 15) is 0 Å². The van der Waals surface area contributed by atoms with Gasteiger partial charge in [-0.25, -0.2) is 0 Å². The fraction of sp³-hybridized carbons (Fsp3) is 0.429. The minimum Gasteiger partial charge on any atom is -0.330 e. The number of hydrogen-bond acceptors (Lipinski definition) is 2.